The molecule has 0 unspecified atom stereocenters. The third kappa shape index (κ3) is 2.47. The number of hydrogen-bond acceptors (Lipinski definition) is 2. The number of nitrogens with one attached hydrogen (secondary N) is 1. The lowest BCUT2D eigenvalue weighted by Crippen LogP contribution is -2.18. The minimum absolute atomic E-state index is 0.450. The minimum Gasteiger partial charge on any atom is -0.350 e. The number of aromatic nitrogens is 1. The topological polar surface area (TPSA) is 54.3 Å². The van der Waals surface area contributed by atoms with E-state index >= 15 is 0 Å². The quantitative estimate of drug-likeness (QED) is 0.588. The van der Waals surface area contributed by atoms with Crippen molar-refractivity contribution in [3.8, 4) is 0 Å². The zero-order valence-corrected chi connectivity index (χ0v) is 10.6. The maximum Gasteiger partial charge on any atom is 0.274 e. The van der Waals surface area contributed by atoms with Gasteiger partial charge >= 0.3 is 0 Å². The van der Waals surface area contributed by atoms with Crippen molar-refractivity contribution in [1.29, 1.82) is 0 Å². The Hall–Kier alpha value is -1.81. The van der Waals surface area contributed by atoms with Gasteiger partial charge in [-0.05, 0) is 24.6 Å². The monoisotopic (exact) mass is 234 g/mol. The van der Waals surface area contributed by atoms with Crippen LogP contribution in [0.2, 0.25) is 0 Å². The van der Waals surface area contributed by atoms with Crippen molar-refractivity contribution in [2.45, 2.75) is 20.8 Å². The van der Waals surface area contributed by atoms with E-state index in [1.165, 1.54) is 5.56 Å². The first-order valence-electron chi connectivity index (χ1n) is 5.63. The van der Waals surface area contributed by atoms with Gasteiger partial charge < -0.3 is 4.57 Å². The molecule has 0 radical (unpaired) electrons. The molecule has 0 saturated heterocycles. The standard InChI is InChI=1S/C11H12N2O2.C2H6/c1-7-6-13(2)10-5-8(11(14)12-15)3-4-9(7)10;1-2/h3-6,15H,1-2H3,(H,12,14);1-2H3. The first kappa shape index (κ1) is 13.3. The van der Waals surface area contributed by atoms with Crippen LogP contribution < -0.4 is 5.48 Å². The van der Waals surface area contributed by atoms with Crippen LogP contribution in [-0.2, 0) is 7.05 Å². The number of aryl methyl sites for hydroxylation is 2. The van der Waals surface area contributed by atoms with E-state index in [0.29, 0.717) is 5.56 Å². The number of amides is 1. The number of rotatable bonds is 1. The summed E-state index contributed by atoms with van der Waals surface area (Å²) < 4.78 is 1.96. The van der Waals surface area contributed by atoms with E-state index in [1.54, 1.807) is 17.6 Å². The second kappa shape index (κ2) is 5.50. The predicted molar refractivity (Wildman–Crippen MR) is 68.3 cm³/mol. The van der Waals surface area contributed by atoms with Gasteiger partial charge in [-0.25, -0.2) is 5.48 Å². The van der Waals surface area contributed by atoms with E-state index in [2.05, 4.69) is 0 Å². The summed E-state index contributed by atoms with van der Waals surface area (Å²) in [7, 11) is 1.93. The van der Waals surface area contributed by atoms with Crippen LogP contribution in [0.5, 0.6) is 0 Å². The number of carbonyl (C=O) groups excluding carboxylic acids is 1. The van der Waals surface area contributed by atoms with Gasteiger partial charge in [-0.2, -0.15) is 0 Å². The Labute approximate surface area is 101 Å². The van der Waals surface area contributed by atoms with Crippen LogP contribution in [0.3, 0.4) is 0 Å². The Balaban J connectivity index is 0.000000686. The van der Waals surface area contributed by atoms with Crippen molar-refractivity contribution in [1.82, 2.24) is 10.0 Å². The summed E-state index contributed by atoms with van der Waals surface area (Å²) in [6.07, 6.45) is 2.01. The third-order valence-electron chi connectivity index (χ3n) is 2.55. The van der Waals surface area contributed by atoms with E-state index in [0.717, 1.165) is 10.9 Å². The smallest absolute Gasteiger partial charge is 0.274 e. The van der Waals surface area contributed by atoms with Crippen molar-refractivity contribution in [2.75, 3.05) is 0 Å². The fraction of sp³-hybridized carbons (Fsp3) is 0.308. The number of nitrogens with zero attached hydrogens (tertiary/aromatic N) is 1. The molecular formula is C13H18N2O2. The lowest BCUT2D eigenvalue weighted by molar-refractivity contribution is 0.0706. The molecule has 0 saturated carbocycles. The zero-order chi connectivity index (χ0) is 13.0. The highest BCUT2D eigenvalue weighted by Crippen LogP contribution is 2.20. The van der Waals surface area contributed by atoms with Crippen LogP contribution in [-0.4, -0.2) is 15.7 Å². The van der Waals surface area contributed by atoms with Gasteiger partial charge in [-0.1, -0.05) is 19.9 Å². The van der Waals surface area contributed by atoms with Gasteiger partial charge in [0.25, 0.3) is 5.91 Å². The first-order chi connectivity index (χ1) is 8.13. The highest BCUT2D eigenvalue weighted by atomic mass is 16.5. The Morgan fingerprint density at radius 2 is 2.00 bits per heavy atom. The molecule has 0 aliphatic carbocycles. The molecule has 0 fully saturated rings. The first-order valence-corrected chi connectivity index (χ1v) is 5.63. The van der Waals surface area contributed by atoms with Crippen molar-refractivity contribution >= 4 is 16.8 Å². The average Bonchev–Trinajstić information content (AvgIpc) is 2.66. The minimum atomic E-state index is -0.490. The van der Waals surface area contributed by atoms with E-state index in [-0.39, 0.29) is 0 Å². The summed E-state index contributed by atoms with van der Waals surface area (Å²) in [5.74, 6) is -0.490. The van der Waals surface area contributed by atoms with Gasteiger partial charge in [-0.15, -0.1) is 0 Å². The van der Waals surface area contributed by atoms with Gasteiger partial charge in [0.2, 0.25) is 0 Å². The Kier molecular flexibility index (Phi) is 4.29. The molecule has 1 heterocycles. The van der Waals surface area contributed by atoms with Crippen LogP contribution in [0.1, 0.15) is 29.8 Å². The largest absolute Gasteiger partial charge is 0.350 e. The molecule has 1 aromatic carbocycles. The molecule has 4 nitrogen and oxygen atoms in total. The SMILES string of the molecule is CC.Cc1cn(C)c2cc(C(=O)NO)ccc12. The lowest BCUT2D eigenvalue weighted by Gasteiger charge is -2.00. The normalized spacial score (nSPS) is 9.71. The zero-order valence-electron chi connectivity index (χ0n) is 10.6. The summed E-state index contributed by atoms with van der Waals surface area (Å²) in [5.41, 5.74) is 4.22. The van der Waals surface area contributed by atoms with Crippen LogP contribution in [0.4, 0.5) is 0 Å². The fourth-order valence-electron chi connectivity index (χ4n) is 1.79. The summed E-state index contributed by atoms with van der Waals surface area (Å²) in [6, 6.07) is 5.34. The predicted octanol–water partition coefficient (Wildman–Crippen LogP) is 2.63. The number of fused-ring (bicyclic) bond motifs is 1. The molecule has 2 aromatic rings. The van der Waals surface area contributed by atoms with Gasteiger partial charge in [-0.3, -0.25) is 10.0 Å². The Morgan fingerprint density at radius 1 is 1.35 bits per heavy atom. The average molecular weight is 234 g/mol. The van der Waals surface area contributed by atoms with E-state index in [1.807, 2.05) is 44.6 Å². The number of carbonyl (C=O) groups is 1. The van der Waals surface area contributed by atoms with Gasteiger partial charge in [0.1, 0.15) is 0 Å². The maximum atomic E-state index is 11.2. The highest BCUT2D eigenvalue weighted by molar-refractivity contribution is 5.98. The molecule has 92 valence electrons. The molecule has 2 N–H and O–H groups in total. The molecule has 2 rings (SSSR count). The second-order valence-corrected chi connectivity index (χ2v) is 3.60. The number of hydroxylamine groups is 1. The summed E-state index contributed by atoms with van der Waals surface area (Å²) >= 11 is 0. The number of benzene rings is 1. The fourth-order valence-corrected chi connectivity index (χ4v) is 1.79. The maximum absolute atomic E-state index is 11.2. The molecule has 4 heteroatoms. The van der Waals surface area contributed by atoms with E-state index in [4.69, 9.17) is 5.21 Å². The molecule has 1 amide bonds. The van der Waals surface area contributed by atoms with Crippen molar-refractivity contribution in [3.63, 3.8) is 0 Å². The van der Waals surface area contributed by atoms with E-state index in [9.17, 15) is 4.79 Å². The summed E-state index contributed by atoms with van der Waals surface area (Å²) in [5, 5.41) is 9.65. The third-order valence-corrected chi connectivity index (χ3v) is 2.55. The number of hydrogen-bond donors (Lipinski definition) is 2. The van der Waals surface area contributed by atoms with Crippen LogP contribution in [0, 0.1) is 6.92 Å². The summed E-state index contributed by atoms with van der Waals surface area (Å²) in [6.45, 7) is 6.02. The molecule has 0 aliphatic heterocycles. The van der Waals surface area contributed by atoms with Crippen LogP contribution >= 0.6 is 0 Å². The van der Waals surface area contributed by atoms with Gasteiger partial charge in [0.05, 0.1) is 0 Å². The highest BCUT2D eigenvalue weighted by Gasteiger charge is 2.08. The molecule has 17 heavy (non-hydrogen) atoms. The summed E-state index contributed by atoms with van der Waals surface area (Å²) in [4.78, 5) is 11.2. The Morgan fingerprint density at radius 3 is 2.59 bits per heavy atom. The molecule has 0 aliphatic rings. The second-order valence-electron chi connectivity index (χ2n) is 3.60. The molecule has 0 spiro atoms. The molecule has 1 aromatic heterocycles. The van der Waals surface area contributed by atoms with Gasteiger partial charge in [0, 0.05) is 29.7 Å². The molecular weight excluding hydrogens is 216 g/mol. The Bertz CT molecular complexity index is 529. The molecule has 0 bridgehead atoms. The van der Waals surface area contributed by atoms with E-state index < -0.39 is 5.91 Å². The van der Waals surface area contributed by atoms with Crippen LogP contribution in [0.25, 0.3) is 10.9 Å². The van der Waals surface area contributed by atoms with Crippen LogP contribution in [0.15, 0.2) is 24.4 Å². The molecule has 0 atom stereocenters. The van der Waals surface area contributed by atoms with Crippen molar-refractivity contribution in [3.05, 3.63) is 35.5 Å². The lowest BCUT2D eigenvalue weighted by atomic mass is 10.1. The van der Waals surface area contributed by atoms with Crippen molar-refractivity contribution in [2.24, 2.45) is 7.05 Å². The van der Waals surface area contributed by atoms with Crippen molar-refractivity contribution < 1.29 is 10.0 Å². The van der Waals surface area contributed by atoms with Gasteiger partial charge in [0.15, 0.2) is 0 Å².